The highest BCUT2D eigenvalue weighted by atomic mass is 32.2. The molecule has 2 aromatic carbocycles. The average Bonchev–Trinajstić information content (AvgIpc) is 2.92. The molecular formula is C16H14N2O3S. The van der Waals surface area contributed by atoms with Crippen molar-refractivity contribution in [2.45, 2.75) is 11.8 Å². The van der Waals surface area contributed by atoms with Gasteiger partial charge in [0.05, 0.1) is 4.90 Å². The normalized spacial score (nSPS) is 11.3. The predicted octanol–water partition coefficient (Wildman–Crippen LogP) is 3.45. The fourth-order valence-electron chi connectivity index (χ4n) is 2.16. The topological polar surface area (TPSA) is 72.2 Å². The van der Waals surface area contributed by atoms with Crippen molar-refractivity contribution in [2.24, 2.45) is 0 Å². The molecular weight excluding hydrogens is 300 g/mol. The van der Waals surface area contributed by atoms with Crippen molar-refractivity contribution < 1.29 is 12.8 Å². The maximum absolute atomic E-state index is 12.6. The number of aromatic nitrogens is 1. The summed E-state index contributed by atoms with van der Waals surface area (Å²) < 4.78 is 32.7. The number of hydrogen-bond acceptors (Lipinski definition) is 4. The van der Waals surface area contributed by atoms with E-state index >= 15 is 0 Å². The molecule has 0 aliphatic rings. The zero-order valence-electron chi connectivity index (χ0n) is 11.9. The summed E-state index contributed by atoms with van der Waals surface area (Å²) in [4.78, 5) is 4.16. The Bertz CT molecular complexity index is 887. The largest absolute Gasteiger partial charge is 0.447 e. The van der Waals surface area contributed by atoms with Crippen LogP contribution < -0.4 is 4.72 Å². The van der Waals surface area contributed by atoms with E-state index in [9.17, 15) is 8.42 Å². The quantitative estimate of drug-likeness (QED) is 0.800. The molecule has 0 atom stereocenters. The van der Waals surface area contributed by atoms with Crippen LogP contribution in [0.4, 0.5) is 5.82 Å². The first kappa shape index (κ1) is 14.3. The SMILES string of the molecule is Cc1nc(NS(=O)(=O)c2ccccc2-c2ccccc2)co1. The van der Waals surface area contributed by atoms with Crippen LogP contribution in [0.2, 0.25) is 0 Å². The Labute approximate surface area is 128 Å². The van der Waals surface area contributed by atoms with Gasteiger partial charge in [-0.25, -0.2) is 8.42 Å². The van der Waals surface area contributed by atoms with Gasteiger partial charge in [-0.05, 0) is 11.6 Å². The number of nitrogens with one attached hydrogen (secondary N) is 1. The van der Waals surface area contributed by atoms with Crippen LogP contribution in [0, 0.1) is 6.92 Å². The van der Waals surface area contributed by atoms with E-state index in [4.69, 9.17) is 4.42 Å². The lowest BCUT2D eigenvalue weighted by Crippen LogP contribution is -2.14. The van der Waals surface area contributed by atoms with E-state index in [0.717, 1.165) is 5.56 Å². The summed E-state index contributed by atoms with van der Waals surface area (Å²) >= 11 is 0. The summed E-state index contributed by atoms with van der Waals surface area (Å²) in [7, 11) is -3.75. The molecule has 1 N–H and O–H groups in total. The number of sulfonamides is 1. The summed E-state index contributed by atoms with van der Waals surface area (Å²) in [5.74, 6) is 0.564. The van der Waals surface area contributed by atoms with Crippen LogP contribution in [-0.4, -0.2) is 13.4 Å². The van der Waals surface area contributed by atoms with Crippen molar-refractivity contribution in [3.05, 3.63) is 66.8 Å². The van der Waals surface area contributed by atoms with Gasteiger partial charge in [0.2, 0.25) is 0 Å². The van der Waals surface area contributed by atoms with Gasteiger partial charge in [0, 0.05) is 12.5 Å². The first-order chi connectivity index (χ1) is 10.6. The van der Waals surface area contributed by atoms with Gasteiger partial charge in [0.25, 0.3) is 10.0 Å². The third-order valence-corrected chi connectivity index (χ3v) is 4.53. The van der Waals surface area contributed by atoms with Crippen LogP contribution in [0.1, 0.15) is 5.89 Å². The van der Waals surface area contributed by atoms with Crippen LogP contribution in [0.3, 0.4) is 0 Å². The fourth-order valence-corrected chi connectivity index (χ4v) is 3.37. The molecule has 0 aliphatic heterocycles. The molecule has 0 fully saturated rings. The molecule has 6 heteroatoms. The van der Waals surface area contributed by atoms with Gasteiger partial charge >= 0.3 is 0 Å². The average molecular weight is 314 g/mol. The summed E-state index contributed by atoms with van der Waals surface area (Å²) in [5, 5.41) is 0. The third-order valence-electron chi connectivity index (χ3n) is 3.12. The molecule has 1 aromatic heterocycles. The van der Waals surface area contributed by atoms with Crippen LogP contribution in [0.15, 0.2) is 70.2 Å². The van der Waals surface area contributed by atoms with Crippen LogP contribution >= 0.6 is 0 Å². The first-order valence-corrected chi connectivity index (χ1v) is 8.14. The third kappa shape index (κ3) is 2.87. The molecule has 0 amide bonds. The summed E-state index contributed by atoms with van der Waals surface area (Å²) in [5.41, 5.74) is 1.47. The smallest absolute Gasteiger partial charge is 0.263 e. The minimum Gasteiger partial charge on any atom is -0.447 e. The highest BCUT2D eigenvalue weighted by Gasteiger charge is 2.20. The summed E-state index contributed by atoms with van der Waals surface area (Å²) in [6.45, 7) is 1.65. The number of aryl methyl sites for hydroxylation is 1. The van der Waals surface area contributed by atoms with Crippen LogP contribution in [0.25, 0.3) is 11.1 Å². The lowest BCUT2D eigenvalue weighted by Gasteiger charge is -2.10. The molecule has 22 heavy (non-hydrogen) atoms. The van der Waals surface area contributed by atoms with Crippen molar-refractivity contribution in [3.8, 4) is 11.1 Å². The van der Waals surface area contributed by atoms with Gasteiger partial charge in [0.15, 0.2) is 11.7 Å². The minimum atomic E-state index is -3.75. The standard InChI is InChI=1S/C16H14N2O3S/c1-12-17-16(11-21-12)18-22(19,20)15-10-6-5-9-14(15)13-7-3-2-4-8-13/h2-11,18H,1H3. The Morgan fingerprint density at radius 2 is 1.68 bits per heavy atom. The molecule has 5 nitrogen and oxygen atoms in total. The lowest BCUT2D eigenvalue weighted by molar-refractivity contribution is 0.521. The summed E-state index contributed by atoms with van der Waals surface area (Å²) in [6, 6.07) is 16.2. The van der Waals surface area contributed by atoms with Gasteiger partial charge in [0.1, 0.15) is 6.26 Å². The Kier molecular flexibility index (Phi) is 3.68. The van der Waals surface area contributed by atoms with Crippen molar-refractivity contribution >= 4 is 15.8 Å². The van der Waals surface area contributed by atoms with E-state index in [1.807, 2.05) is 36.4 Å². The molecule has 0 saturated heterocycles. The number of nitrogens with zero attached hydrogens (tertiary/aromatic N) is 1. The second-order valence-electron chi connectivity index (χ2n) is 4.72. The molecule has 0 saturated carbocycles. The van der Waals surface area contributed by atoms with E-state index < -0.39 is 10.0 Å². The molecule has 112 valence electrons. The maximum Gasteiger partial charge on any atom is 0.263 e. The number of anilines is 1. The molecule has 0 radical (unpaired) electrons. The molecule has 0 spiro atoms. The number of oxazole rings is 1. The van der Waals surface area contributed by atoms with E-state index in [1.54, 1.807) is 25.1 Å². The Morgan fingerprint density at radius 1 is 1.00 bits per heavy atom. The number of benzene rings is 2. The second-order valence-corrected chi connectivity index (χ2v) is 6.37. The maximum atomic E-state index is 12.6. The second kappa shape index (κ2) is 5.65. The Hall–Kier alpha value is -2.60. The predicted molar refractivity (Wildman–Crippen MR) is 83.9 cm³/mol. The van der Waals surface area contributed by atoms with Gasteiger partial charge in [-0.3, -0.25) is 4.72 Å². The minimum absolute atomic E-state index is 0.167. The molecule has 3 rings (SSSR count). The molecule has 1 heterocycles. The van der Waals surface area contributed by atoms with Crippen LogP contribution in [-0.2, 0) is 10.0 Å². The highest BCUT2D eigenvalue weighted by Crippen LogP contribution is 2.28. The van der Waals surface area contributed by atoms with E-state index in [1.165, 1.54) is 6.26 Å². The number of rotatable bonds is 4. The van der Waals surface area contributed by atoms with Gasteiger partial charge in [-0.2, -0.15) is 4.98 Å². The van der Waals surface area contributed by atoms with Crippen molar-refractivity contribution in [1.29, 1.82) is 0 Å². The van der Waals surface area contributed by atoms with Gasteiger partial charge in [-0.1, -0.05) is 48.5 Å². The summed E-state index contributed by atoms with van der Waals surface area (Å²) in [6.07, 6.45) is 1.28. The van der Waals surface area contributed by atoms with Crippen molar-refractivity contribution in [1.82, 2.24) is 4.98 Å². The zero-order valence-corrected chi connectivity index (χ0v) is 12.7. The van der Waals surface area contributed by atoms with Crippen molar-refractivity contribution in [2.75, 3.05) is 4.72 Å². The van der Waals surface area contributed by atoms with E-state index in [-0.39, 0.29) is 10.7 Å². The van der Waals surface area contributed by atoms with Crippen molar-refractivity contribution in [3.63, 3.8) is 0 Å². The molecule has 0 unspecified atom stereocenters. The Balaban J connectivity index is 2.04. The van der Waals surface area contributed by atoms with E-state index in [0.29, 0.717) is 11.5 Å². The molecule has 0 aliphatic carbocycles. The molecule has 3 aromatic rings. The first-order valence-electron chi connectivity index (χ1n) is 6.66. The van der Waals surface area contributed by atoms with Gasteiger partial charge in [-0.15, -0.1) is 0 Å². The highest BCUT2D eigenvalue weighted by molar-refractivity contribution is 7.92. The fraction of sp³-hybridized carbons (Fsp3) is 0.0625. The van der Waals surface area contributed by atoms with E-state index in [2.05, 4.69) is 9.71 Å². The lowest BCUT2D eigenvalue weighted by atomic mass is 10.1. The number of hydrogen-bond donors (Lipinski definition) is 1. The van der Waals surface area contributed by atoms with Gasteiger partial charge < -0.3 is 4.42 Å². The molecule has 0 bridgehead atoms. The van der Waals surface area contributed by atoms with Crippen LogP contribution in [0.5, 0.6) is 0 Å². The Morgan fingerprint density at radius 3 is 2.36 bits per heavy atom. The zero-order chi connectivity index (χ0) is 15.6. The monoisotopic (exact) mass is 314 g/mol.